The molecule has 3 aliphatic heterocycles. The van der Waals surface area contributed by atoms with Gasteiger partial charge in [0.1, 0.15) is 24.0 Å². The van der Waals surface area contributed by atoms with Gasteiger partial charge in [-0.25, -0.2) is 4.79 Å². The molecule has 0 radical (unpaired) electrons. The van der Waals surface area contributed by atoms with Gasteiger partial charge in [0.15, 0.2) is 8.32 Å². The highest BCUT2D eigenvalue weighted by molar-refractivity contribution is 6.74. The Morgan fingerprint density at radius 3 is 2.17 bits per heavy atom. The van der Waals surface area contributed by atoms with Crippen LogP contribution < -0.4 is 0 Å². The van der Waals surface area contributed by atoms with Gasteiger partial charge in [-0.2, -0.15) is 0 Å². The average Bonchev–Trinajstić information content (AvgIpc) is 3.21. The third kappa shape index (κ3) is 13.0. The van der Waals surface area contributed by atoms with Crippen LogP contribution in [0.2, 0.25) is 18.1 Å². The van der Waals surface area contributed by atoms with E-state index in [9.17, 15) is 29.4 Å². The second kappa shape index (κ2) is 22.5. The number of allylic oxidation sites excluding steroid dienone is 3. The van der Waals surface area contributed by atoms with Crippen molar-refractivity contribution in [3.8, 4) is 0 Å². The van der Waals surface area contributed by atoms with Crippen LogP contribution in [-0.2, 0) is 42.6 Å². The minimum atomic E-state index is -2.53. The van der Waals surface area contributed by atoms with Gasteiger partial charge in [-0.05, 0) is 125 Å². The van der Waals surface area contributed by atoms with Crippen LogP contribution in [0.1, 0.15) is 140 Å². The summed E-state index contributed by atoms with van der Waals surface area (Å²) in [6, 6.07) is -1.08. The van der Waals surface area contributed by atoms with Crippen LogP contribution >= 0.6 is 0 Å². The number of aliphatic hydroxyl groups is 2. The molecule has 14 atom stereocenters. The minimum Gasteiger partial charge on any atom is -0.456 e. The predicted molar refractivity (Wildman–Crippen MR) is 247 cm³/mol. The zero-order valence-corrected chi connectivity index (χ0v) is 42.4. The molecule has 3 heterocycles. The number of ketones is 2. The van der Waals surface area contributed by atoms with Gasteiger partial charge < -0.3 is 38.5 Å². The zero-order chi connectivity index (χ0) is 47.2. The maximum Gasteiger partial charge on any atom is 0.329 e. The SMILES string of the molecule is CO[C@H]1CC(C)C2(O)O[C@@H]1[C@@H](OC)C[C@@H](C)C/C(C)=C/[C@@H](CCO)C(=O)CC(O[Si](C)(C)C(C)(C)C)[C@@H](C)[C@@H](/C(C)=C/C1CCC(C)C(C)C1)OC(=O)C1CCCCN1C(=O)C2=O. The smallest absolute Gasteiger partial charge is 0.329 e. The quantitative estimate of drug-likeness (QED) is 0.104. The van der Waals surface area contributed by atoms with E-state index in [-0.39, 0.29) is 61.5 Å². The fourth-order valence-electron chi connectivity index (χ4n) is 10.3. The summed E-state index contributed by atoms with van der Waals surface area (Å²) >= 11 is 0. The molecule has 12 nitrogen and oxygen atoms in total. The molecule has 2 N–H and O–H groups in total. The van der Waals surface area contributed by atoms with Gasteiger partial charge in [-0.15, -0.1) is 0 Å². The highest BCUT2D eigenvalue weighted by Gasteiger charge is 2.57. The first-order valence-electron chi connectivity index (χ1n) is 24.1. The molecule has 0 aromatic heterocycles. The highest BCUT2D eigenvalue weighted by atomic mass is 28.4. The first-order chi connectivity index (χ1) is 29.4. The standard InChI is InChI=1S/C50H85NO11Si/c1-30-23-31(2)25-42(58-11)45-43(59-12)28-35(6)50(57,61-45)46(54)47(55)51-21-16-15-17-39(51)48(56)60-44(34(5)27-37-19-18-32(3)33(4)26-37)36(7)41(62-63(13,14)49(8,9)10)29-40(53)38(24-30)20-22-52/h24,27,31-33,35-39,41-45,52,57H,15-23,25-26,28-29H2,1-14H3/b30-24+,34-27+/t31-,32?,33?,35?,36+,37?,38+,39?,41?,42-,43-,44+,45+,50?/m0/s1. The number of carbonyl (C=O) groups is 4. The second-order valence-electron chi connectivity index (χ2n) is 21.7. The molecule has 63 heavy (non-hydrogen) atoms. The molecule has 1 saturated carbocycles. The topological polar surface area (TPSA) is 158 Å². The number of amides is 1. The number of piperidine rings is 1. The Hall–Kier alpha value is -2.26. The number of hydrogen-bond acceptors (Lipinski definition) is 11. The van der Waals surface area contributed by atoms with E-state index in [0.29, 0.717) is 37.5 Å². The van der Waals surface area contributed by atoms with Crippen molar-refractivity contribution in [2.24, 2.45) is 41.4 Å². The normalized spacial score (nSPS) is 38.9. The lowest BCUT2D eigenvalue weighted by Gasteiger charge is -2.47. The van der Waals surface area contributed by atoms with E-state index < -0.39 is 86.1 Å². The number of nitrogens with zero attached hydrogens (tertiary/aromatic N) is 1. The summed E-state index contributed by atoms with van der Waals surface area (Å²) in [7, 11) is 0.566. The lowest BCUT2D eigenvalue weighted by atomic mass is 9.75. The Kier molecular flexibility index (Phi) is 19.0. The van der Waals surface area contributed by atoms with Gasteiger partial charge in [-0.1, -0.05) is 73.1 Å². The van der Waals surface area contributed by atoms with Crippen molar-refractivity contribution in [2.75, 3.05) is 27.4 Å². The predicted octanol–water partition coefficient (Wildman–Crippen LogP) is 8.37. The fraction of sp³-hybridized carbons (Fsp3) is 0.840. The number of carbonyl (C=O) groups excluding carboxylic acids is 4. The molecule has 0 aromatic rings. The van der Waals surface area contributed by atoms with Crippen molar-refractivity contribution in [3.05, 3.63) is 23.3 Å². The van der Waals surface area contributed by atoms with Gasteiger partial charge in [-0.3, -0.25) is 14.4 Å². The van der Waals surface area contributed by atoms with E-state index in [0.717, 1.165) is 30.4 Å². The van der Waals surface area contributed by atoms with E-state index in [2.05, 4.69) is 60.7 Å². The molecule has 1 aliphatic carbocycles. The molecule has 0 aromatic carbocycles. The lowest BCUT2D eigenvalue weighted by molar-refractivity contribution is -0.302. The molecule has 4 rings (SSSR count). The molecule has 4 aliphatic rings. The van der Waals surface area contributed by atoms with Crippen molar-refractivity contribution < 1.29 is 52.8 Å². The van der Waals surface area contributed by atoms with Crippen LogP contribution in [0.25, 0.3) is 0 Å². The number of cyclic esters (lactones) is 1. The van der Waals surface area contributed by atoms with E-state index in [4.69, 9.17) is 23.4 Å². The Balaban J connectivity index is 1.89. The van der Waals surface area contributed by atoms with Crippen LogP contribution in [0, 0.1) is 41.4 Å². The van der Waals surface area contributed by atoms with Crippen LogP contribution in [-0.4, -0.2) is 117 Å². The largest absolute Gasteiger partial charge is 0.456 e. The summed E-state index contributed by atoms with van der Waals surface area (Å²) in [6.07, 6.45) is 6.92. The van der Waals surface area contributed by atoms with Gasteiger partial charge in [0.25, 0.3) is 11.7 Å². The number of ether oxygens (including phenoxy) is 4. The zero-order valence-electron chi connectivity index (χ0n) is 41.4. The summed E-state index contributed by atoms with van der Waals surface area (Å²) in [5.41, 5.74) is 1.84. The van der Waals surface area contributed by atoms with Crippen molar-refractivity contribution in [3.63, 3.8) is 0 Å². The number of methoxy groups -OCH3 is 2. The molecular weight excluding hydrogens is 819 g/mol. The number of hydrogen-bond donors (Lipinski definition) is 2. The number of aliphatic hydroxyl groups excluding tert-OH is 1. The van der Waals surface area contributed by atoms with Crippen LogP contribution in [0.15, 0.2) is 23.3 Å². The number of esters is 1. The molecule has 3 fully saturated rings. The lowest BCUT2D eigenvalue weighted by Crippen LogP contribution is -2.64. The van der Waals surface area contributed by atoms with Gasteiger partial charge >= 0.3 is 5.97 Å². The molecule has 7 unspecified atom stereocenters. The molecule has 1 amide bonds. The summed E-state index contributed by atoms with van der Waals surface area (Å²) in [5.74, 6) is -5.72. The Morgan fingerprint density at radius 1 is 0.921 bits per heavy atom. The molecule has 2 bridgehead atoms. The summed E-state index contributed by atoms with van der Waals surface area (Å²) in [6.45, 7) is 25.0. The average molecular weight is 904 g/mol. The molecule has 0 spiro atoms. The van der Waals surface area contributed by atoms with Gasteiger partial charge in [0.2, 0.25) is 5.79 Å². The van der Waals surface area contributed by atoms with E-state index in [1.54, 1.807) is 21.1 Å². The van der Waals surface area contributed by atoms with Crippen molar-refractivity contribution in [1.29, 1.82) is 0 Å². The van der Waals surface area contributed by atoms with E-state index >= 15 is 0 Å². The highest BCUT2D eigenvalue weighted by Crippen LogP contribution is 2.42. The number of rotatable bonds is 8. The molecule has 13 heteroatoms. The first kappa shape index (κ1) is 53.4. The van der Waals surface area contributed by atoms with Crippen LogP contribution in [0.5, 0.6) is 0 Å². The van der Waals surface area contributed by atoms with Crippen LogP contribution in [0.3, 0.4) is 0 Å². The van der Waals surface area contributed by atoms with E-state index in [1.807, 2.05) is 26.8 Å². The fourth-order valence-corrected chi connectivity index (χ4v) is 11.7. The summed E-state index contributed by atoms with van der Waals surface area (Å²) in [4.78, 5) is 59.7. The number of fused-ring (bicyclic) bond motifs is 3. The Labute approximate surface area is 380 Å². The Bertz CT molecular complexity index is 1640. The van der Waals surface area contributed by atoms with Crippen molar-refractivity contribution >= 4 is 31.8 Å². The Morgan fingerprint density at radius 2 is 1.57 bits per heavy atom. The summed E-state index contributed by atoms with van der Waals surface area (Å²) in [5, 5.41) is 22.3. The van der Waals surface area contributed by atoms with E-state index in [1.165, 1.54) is 4.90 Å². The second-order valence-corrected chi connectivity index (χ2v) is 26.5. The van der Waals surface area contributed by atoms with Gasteiger partial charge in [0, 0.05) is 51.5 Å². The maximum absolute atomic E-state index is 14.8. The first-order valence-corrected chi connectivity index (χ1v) is 27.0. The third-order valence-corrected chi connectivity index (χ3v) is 20.2. The van der Waals surface area contributed by atoms with Crippen molar-refractivity contribution in [2.45, 2.75) is 200 Å². The number of Topliss-reactive ketones (excluding diaryl/α,β-unsaturated/α-hetero) is 2. The molecule has 2 saturated heterocycles. The minimum absolute atomic E-state index is 0.00825. The van der Waals surface area contributed by atoms with Crippen LogP contribution in [0.4, 0.5) is 0 Å². The van der Waals surface area contributed by atoms with Crippen molar-refractivity contribution in [1.82, 2.24) is 4.90 Å². The monoisotopic (exact) mass is 904 g/mol. The third-order valence-electron chi connectivity index (χ3n) is 15.7. The summed E-state index contributed by atoms with van der Waals surface area (Å²) < 4.78 is 32.0. The molecule has 360 valence electrons. The molecular formula is C50H85NO11Si. The van der Waals surface area contributed by atoms with Gasteiger partial charge in [0.05, 0.1) is 18.3 Å². The maximum atomic E-state index is 14.8.